The number of nitrogens with two attached hydrogens (primary N) is 1. The zero-order chi connectivity index (χ0) is 13.1. The van der Waals surface area contributed by atoms with Gasteiger partial charge in [0.15, 0.2) is 0 Å². The largest absolute Gasteiger partial charge is 0.324 e. The molecule has 18 heavy (non-hydrogen) atoms. The number of hydrogen-bond acceptors (Lipinski definition) is 2. The first-order valence-corrected chi connectivity index (χ1v) is 6.80. The van der Waals surface area contributed by atoms with Crippen LogP contribution in [0.1, 0.15) is 37.8 Å². The molecule has 0 aliphatic heterocycles. The molecule has 2 N–H and O–H groups in total. The summed E-state index contributed by atoms with van der Waals surface area (Å²) >= 11 is 0. The molecule has 0 aromatic heterocycles. The highest BCUT2D eigenvalue weighted by atomic mass is 19.1. The zero-order valence-corrected chi connectivity index (χ0v) is 11.3. The van der Waals surface area contributed by atoms with E-state index < -0.39 is 0 Å². The minimum Gasteiger partial charge on any atom is -0.324 e. The molecule has 1 saturated carbocycles. The van der Waals surface area contributed by atoms with Gasteiger partial charge in [0.2, 0.25) is 0 Å². The van der Waals surface area contributed by atoms with E-state index in [2.05, 4.69) is 18.9 Å². The summed E-state index contributed by atoms with van der Waals surface area (Å²) in [5, 5.41) is 0. The fourth-order valence-electron chi connectivity index (χ4n) is 2.60. The van der Waals surface area contributed by atoms with Crippen molar-refractivity contribution >= 4 is 0 Å². The Labute approximate surface area is 109 Å². The Balaban J connectivity index is 1.95. The van der Waals surface area contributed by atoms with Crippen LogP contribution in [0.2, 0.25) is 0 Å². The Kier molecular flexibility index (Phi) is 4.36. The predicted molar refractivity (Wildman–Crippen MR) is 72.8 cm³/mol. The van der Waals surface area contributed by atoms with Crippen molar-refractivity contribution in [1.82, 2.24) is 4.90 Å². The van der Waals surface area contributed by atoms with Crippen LogP contribution in [0.3, 0.4) is 0 Å². The molecule has 2 unspecified atom stereocenters. The second-order valence-electron chi connectivity index (χ2n) is 5.55. The van der Waals surface area contributed by atoms with Gasteiger partial charge < -0.3 is 10.6 Å². The summed E-state index contributed by atoms with van der Waals surface area (Å²) in [7, 11) is 2.15. The standard InChI is InChI=1S/C15H23FN2/c1-11(10-18(2)12-6-5-7-12)15(17)13-8-3-4-9-14(13)16/h3-4,8-9,11-12,15H,5-7,10,17H2,1-2H3. The van der Waals surface area contributed by atoms with E-state index in [1.54, 1.807) is 12.1 Å². The Morgan fingerprint density at radius 3 is 2.61 bits per heavy atom. The van der Waals surface area contributed by atoms with Crippen molar-refractivity contribution < 1.29 is 4.39 Å². The fourth-order valence-corrected chi connectivity index (χ4v) is 2.60. The Bertz CT molecular complexity index is 390. The van der Waals surface area contributed by atoms with E-state index in [4.69, 9.17) is 5.73 Å². The Morgan fingerprint density at radius 1 is 1.39 bits per heavy atom. The lowest BCUT2D eigenvalue weighted by Gasteiger charge is -2.37. The van der Waals surface area contributed by atoms with Gasteiger partial charge in [-0.3, -0.25) is 0 Å². The molecule has 0 bridgehead atoms. The van der Waals surface area contributed by atoms with Crippen LogP contribution in [0.4, 0.5) is 4.39 Å². The topological polar surface area (TPSA) is 29.3 Å². The van der Waals surface area contributed by atoms with Gasteiger partial charge in [-0.15, -0.1) is 0 Å². The van der Waals surface area contributed by atoms with Crippen LogP contribution in [0.5, 0.6) is 0 Å². The van der Waals surface area contributed by atoms with Crippen LogP contribution in [0.25, 0.3) is 0 Å². The minimum atomic E-state index is -0.228. The molecule has 1 aromatic rings. The third-order valence-electron chi connectivity index (χ3n) is 4.15. The zero-order valence-electron chi connectivity index (χ0n) is 11.3. The number of nitrogens with zero attached hydrogens (tertiary/aromatic N) is 1. The molecule has 2 rings (SSSR count). The lowest BCUT2D eigenvalue weighted by molar-refractivity contribution is 0.134. The molecule has 1 aliphatic carbocycles. The normalized spacial score (nSPS) is 19.6. The van der Waals surface area contributed by atoms with Crippen LogP contribution in [0.15, 0.2) is 24.3 Å². The highest BCUT2D eigenvalue weighted by Crippen LogP contribution is 2.27. The highest BCUT2D eigenvalue weighted by Gasteiger charge is 2.25. The van der Waals surface area contributed by atoms with Crippen LogP contribution in [-0.2, 0) is 0 Å². The van der Waals surface area contributed by atoms with Crippen molar-refractivity contribution in [2.24, 2.45) is 11.7 Å². The summed E-state index contributed by atoms with van der Waals surface area (Å²) < 4.78 is 13.7. The van der Waals surface area contributed by atoms with Gasteiger partial charge in [0.1, 0.15) is 5.82 Å². The molecule has 0 spiro atoms. The van der Waals surface area contributed by atoms with Gasteiger partial charge in [-0.2, -0.15) is 0 Å². The van der Waals surface area contributed by atoms with E-state index >= 15 is 0 Å². The van der Waals surface area contributed by atoms with Crippen molar-refractivity contribution in [3.63, 3.8) is 0 Å². The van der Waals surface area contributed by atoms with Crippen molar-refractivity contribution in [2.75, 3.05) is 13.6 Å². The molecule has 0 heterocycles. The van der Waals surface area contributed by atoms with E-state index in [1.807, 2.05) is 6.07 Å². The summed E-state index contributed by atoms with van der Waals surface area (Å²) in [6.07, 6.45) is 3.92. The van der Waals surface area contributed by atoms with Gasteiger partial charge in [-0.05, 0) is 31.9 Å². The third kappa shape index (κ3) is 2.90. The van der Waals surface area contributed by atoms with E-state index in [0.717, 1.165) is 6.54 Å². The van der Waals surface area contributed by atoms with Crippen LogP contribution < -0.4 is 5.73 Å². The quantitative estimate of drug-likeness (QED) is 0.870. The van der Waals surface area contributed by atoms with Crippen LogP contribution in [0, 0.1) is 11.7 Å². The van der Waals surface area contributed by atoms with Crippen molar-refractivity contribution in [3.05, 3.63) is 35.6 Å². The maximum atomic E-state index is 13.7. The molecular weight excluding hydrogens is 227 g/mol. The molecule has 3 heteroatoms. The van der Waals surface area contributed by atoms with Gasteiger partial charge in [-0.25, -0.2) is 4.39 Å². The maximum absolute atomic E-state index is 13.7. The van der Waals surface area contributed by atoms with Gasteiger partial charge in [-0.1, -0.05) is 31.5 Å². The lowest BCUT2D eigenvalue weighted by Crippen LogP contribution is -2.41. The molecule has 0 radical (unpaired) electrons. The molecule has 0 saturated heterocycles. The smallest absolute Gasteiger partial charge is 0.127 e. The average Bonchev–Trinajstić information content (AvgIpc) is 2.26. The first kappa shape index (κ1) is 13.5. The number of halogens is 1. The molecule has 1 aliphatic rings. The third-order valence-corrected chi connectivity index (χ3v) is 4.15. The highest BCUT2D eigenvalue weighted by molar-refractivity contribution is 5.21. The van der Waals surface area contributed by atoms with Gasteiger partial charge in [0.05, 0.1) is 0 Å². The summed E-state index contributed by atoms with van der Waals surface area (Å²) in [4.78, 5) is 2.37. The minimum absolute atomic E-state index is 0.192. The van der Waals surface area contributed by atoms with E-state index in [1.165, 1.54) is 25.3 Å². The lowest BCUT2D eigenvalue weighted by atomic mass is 9.89. The van der Waals surface area contributed by atoms with E-state index in [9.17, 15) is 4.39 Å². The maximum Gasteiger partial charge on any atom is 0.127 e. The monoisotopic (exact) mass is 250 g/mol. The molecule has 0 amide bonds. The summed E-state index contributed by atoms with van der Waals surface area (Å²) in [5.41, 5.74) is 6.81. The van der Waals surface area contributed by atoms with Gasteiger partial charge in [0, 0.05) is 24.2 Å². The summed E-state index contributed by atoms with van der Waals surface area (Å²) in [6.45, 7) is 3.03. The SMILES string of the molecule is CC(CN(C)C1CCC1)C(N)c1ccccc1F. The molecular formula is C15H23FN2. The van der Waals surface area contributed by atoms with Gasteiger partial charge in [0.25, 0.3) is 0 Å². The summed E-state index contributed by atoms with van der Waals surface area (Å²) in [6, 6.07) is 7.31. The van der Waals surface area contributed by atoms with Crippen molar-refractivity contribution in [2.45, 2.75) is 38.3 Å². The number of benzene rings is 1. The van der Waals surface area contributed by atoms with E-state index in [0.29, 0.717) is 11.6 Å². The first-order chi connectivity index (χ1) is 8.59. The number of hydrogen-bond donors (Lipinski definition) is 1. The molecule has 2 nitrogen and oxygen atoms in total. The second kappa shape index (κ2) is 5.81. The first-order valence-electron chi connectivity index (χ1n) is 6.80. The molecule has 1 fully saturated rings. The predicted octanol–water partition coefficient (Wildman–Crippen LogP) is 2.95. The fraction of sp³-hybridized carbons (Fsp3) is 0.600. The van der Waals surface area contributed by atoms with E-state index in [-0.39, 0.29) is 17.8 Å². The van der Waals surface area contributed by atoms with Crippen molar-refractivity contribution in [1.29, 1.82) is 0 Å². The Morgan fingerprint density at radius 2 is 2.06 bits per heavy atom. The number of rotatable bonds is 5. The van der Waals surface area contributed by atoms with Gasteiger partial charge >= 0.3 is 0 Å². The Hall–Kier alpha value is -0.930. The second-order valence-corrected chi connectivity index (χ2v) is 5.55. The molecule has 100 valence electrons. The van der Waals surface area contributed by atoms with Crippen LogP contribution >= 0.6 is 0 Å². The van der Waals surface area contributed by atoms with Crippen LogP contribution in [-0.4, -0.2) is 24.5 Å². The molecule has 1 aromatic carbocycles. The molecule has 2 atom stereocenters. The average molecular weight is 250 g/mol. The van der Waals surface area contributed by atoms with Crippen molar-refractivity contribution in [3.8, 4) is 0 Å². The summed E-state index contributed by atoms with van der Waals surface area (Å²) in [5.74, 6) is 0.0654.